The van der Waals surface area contributed by atoms with Gasteiger partial charge in [-0.25, -0.2) is 4.79 Å². The molecular weight excluding hydrogens is 238 g/mol. The van der Waals surface area contributed by atoms with Gasteiger partial charge >= 0.3 is 6.09 Å². The van der Waals surface area contributed by atoms with Gasteiger partial charge in [0, 0.05) is 6.04 Å². The minimum atomic E-state index is -0.332. The summed E-state index contributed by atoms with van der Waals surface area (Å²) in [4.78, 5) is 11.9. The number of carbonyl (C=O) groups is 1. The molecule has 1 amide bonds. The topological polar surface area (TPSA) is 38.3 Å². The number of carbonyl (C=O) groups excluding carboxylic acids is 1. The second-order valence-corrected chi connectivity index (χ2v) is 5.97. The first-order chi connectivity index (χ1) is 9.22. The lowest BCUT2D eigenvalue weighted by atomic mass is 9.84. The Hall–Kier alpha value is -1.51. The molecule has 4 atom stereocenters. The Bertz CT molecular complexity index is 445. The minimum absolute atomic E-state index is 0.214. The normalized spacial score (nSPS) is 30.1. The molecule has 102 valence electrons. The third kappa shape index (κ3) is 2.75. The summed E-state index contributed by atoms with van der Waals surface area (Å²) in [5.41, 5.74) is 0. The van der Waals surface area contributed by atoms with E-state index in [-0.39, 0.29) is 12.1 Å². The van der Waals surface area contributed by atoms with Crippen molar-refractivity contribution in [1.29, 1.82) is 0 Å². The van der Waals surface area contributed by atoms with Crippen LogP contribution in [0.3, 0.4) is 0 Å². The molecule has 3 nitrogen and oxygen atoms in total. The summed E-state index contributed by atoms with van der Waals surface area (Å²) in [7, 11) is 0. The lowest BCUT2D eigenvalue weighted by Crippen LogP contribution is -2.41. The van der Waals surface area contributed by atoms with Crippen molar-refractivity contribution in [2.24, 2.45) is 17.8 Å². The Kier molecular flexibility index (Phi) is 3.45. The summed E-state index contributed by atoms with van der Waals surface area (Å²) in [6, 6.07) is 9.43. The van der Waals surface area contributed by atoms with Gasteiger partial charge in [-0.1, -0.05) is 24.6 Å². The Morgan fingerprint density at radius 3 is 2.68 bits per heavy atom. The number of para-hydroxylation sites is 1. The highest BCUT2D eigenvalue weighted by Crippen LogP contribution is 2.49. The molecule has 3 rings (SSSR count). The maximum atomic E-state index is 11.9. The van der Waals surface area contributed by atoms with Crippen LogP contribution >= 0.6 is 0 Å². The SMILES string of the molecule is C[C@H](NC(=O)Oc1ccccc1)[C@H]1C[C@@H]2CC[C@@H]1C2. The van der Waals surface area contributed by atoms with E-state index >= 15 is 0 Å². The van der Waals surface area contributed by atoms with Crippen molar-refractivity contribution in [3.05, 3.63) is 30.3 Å². The first kappa shape index (κ1) is 12.5. The number of hydrogen-bond acceptors (Lipinski definition) is 2. The lowest BCUT2D eigenvalue weighted by molar-refractivity contribution is 0.184. The van der Waals surface area contributed by atoms with E-state index in [1.807, 2.05) is 18.2 Å². The van der Waals surface area contributed by atoms with Gasteiger partial charge in [0.2, 0.25) is 0 Å². The average Bonchev–Trinajstić information content (AvgIpc) is 3.02. The van der Waals surface area contributed by atoms with E-state index in [4.69, 9.17) is 4.74 Å². The van der Waals surface area contributed by atoms with Crippen molar-refractivity contribution < 1.29 is 9.53 Å². The van der Waals surface area contributed by atoms with Crippen LogP contribution in [-0.2, 0) is 0 Å². The first-order valence-corrected chi connectivity index (χ1v) is 7.26. The van der Waals surface area contributed by atoms with Gasteiger partial charge < -0.3 is 10.1 Å². The fourth-order valence-corrected chi connectivity index (χ4v) is 3.82. The molecule has 0 saturated heterocycles. The smallest absolute Gasteiger partial charge is 0.410 e. The molecule has 2 aliphatic carbocycles. The molecule has 1 N–H and O–H groups in total. The average molecular weight is 259 g/mol. The highest BCUT2D eigenvalue weighted by atomic mass is 16.6. The number of amides is 1. The zero-order valence-electron chi connectivity index (χ0n) is 11.3. The second kappa shape index (κ2) is 5.24. The Balaban J connectivity index is 1.52. The Morgan fingerprint density at radius 2 is 2.05 bits per heavy atom. The minimum Gasteiger partial charge on any atom is -0.410 e. The highest BCUT2D eigenvalue weighted by molar-refractivity contribution is 5.70. The second-order valence-electron chi connectivity index (χ2n) is 5.97. The standard InChI is InChI=1S/C16H21NO2/c1-11(15-10-12-7-8-13(15)9-12)17-16(18)19-14-5-3-2-4-6-14/h2-6,11-13,15H,7-10H2,1H3,(H,17,18)/t11-,12+,13+,15+/m0/s1. The van der Waals surface area contributed by atoms with Gasteiger partial charge in [-0.05, 0) is 56.1 Å². The molecule has 0 heterocycles. The third-order valence-corrected chi connectivity index (χ3v) is 4.73. The van der Waals surface area contributed by atoms with E-state index < -0.39 is 0 Å². The van der Waals surface area contributed by atoms with Crippen LogP contribution in [0.4, 0.5) is 4.79 Å². The summed E-state index contributed by atoms with van der Waals surface area (Å²) in [5.74, 6) is 2.96. The van der Waals surface area contributed by atoms with E-state index in [9.17, 15) is 4.79 Å². The fraction of sp³-hybridized carbons (Fsp3) is 0.562. The van der Waals surface area contributed by atoms with E-state index in [1.54, 1.807) is 12.1 Å². The quantitative estimate of drug-likeness (QED) is 0.900. The molecule has 2 aliphatic rings. The van der Waals surface area contributed by atoms with Crippen LogP contribution in [0.5, 0.6) is 5.75 Å². The number of nitrogens with one attached hydrogen (secondary N) is 1. The number of benzene rings is 1. The van der Waals surface area contributed by atoms with Crippen LogP contribution in [0.25, 0.3) is 0 Å². The van der Waals surface area contributed by atoms with Crippen LogP contribution in [0.2, 0.25) is 0 Å². The Morgan fingerprint density at radius 1 is 1.26 bits per heavy atom. The molecule has 0 radical (unpaired) electrons. The number of ether oxygens (including phenoxy) is 1. The molecular formula is C16H21NO2. The van der Waals surface area contributed by atoms with Crippen LogP contribution in [0.15, 0.2) is 30.3 Å². The molecule has 2 fully saturated rings. The van der Waals surface area contributed by atoms with Gasteiger partial charge in [0.05, 0.1) is 0 Å². The maximum absolute atomic E-state index is 11.9. The summed E-state index contributed by atoms with van der Waals surface area (Å²) in [6.45, 7) is 2.11. The van der Waals surface area contributed by atoms with Crippen molar-refractivity contribution >= 4 is 6.09 Å². The predicted molar refractivity (Wildman–Crippen MR) is 74.0 cm³/mol. The molecule has 19 heavy (non-hydrogen) atoms. The van der Waals surface area contributed by atoms with E-state index in [1.165, 1.54) is 25.7 Å². The molecule has 0 aliphatic heterocycles. The van der Waals surface area contributed by atoms with Crippen molar-refractivity contribution in [2.45, 2.75) is 38.6 Å². The van der Waals surface area contributed by atoms with Gasteiger partial charge in [-0.3, -0.25) is 0 Å². The van der Waals surface area contributed by atoms with Gasteiger partial charge in [-0.15, -0.1) is 0 Å². The molecule has 1 aromatic rings. The number of fused-ring (bicyclic) bond motifs is 2. The van der Waals surface area contributed by atoms with Crippen molar-refractivity contribution in [1.82, 2.24) is 5.32 Å². The van der Waals surface area contributed by atoms with Gasteiger partial charge in [0.15, 0.2) is 0 Å². The molecule has 2 bridgehead atoms. The Labute approximate surface area is 114 Å². The predicted octanol–water partition coefficient (Wildman–Crippen LogP) is 3.60. The van der Waals surface area contributed by atoms with E-state index in [0.717, 1.165) is 11.8 Å². The molecule has 2 saturated carbocycles. The van der Waals surface area contributed by atoms with Crippen LogP contribution in [0.1, 0.15) is 32.6 Å². The fourth-order valence-electron chi connectivity index (χ4n) is 3.82. The van der Waals surface area contributed by atoms with Crippen molar-refractivity contribution in [3.63, 3.8) is 0 Å². The van der Waals surface area contributed by atoms with Crippen molar-refractivity contribution in [2.75, 3.05) is 0 Å². The van der Waals surface area contributed by atoms with Crippen LogP contribution < -0.4 is 10.1 Å². The first-order valence-electron chi connectivity index (χ1n) is 7.26. The van der Waals surface area contributed by atoms with Crippen LogP contribution in [0, 0.1) is 17.8 Å². The largest absolute Gasteiger partial charge is 0.412 e. The number of hydrogen-bond donors (Lipinski definition) is 1. The molecule has 0 spiro atoms. The molecule has 0 unspecified atom stereocenters. The summed E-state index contributed by atoms with van der Waals surface area (Å²) in [5, 5.41) is 2.99. The summed E-state index contributed by atoms with van der Waals surface area (Å²) in [6.07, 6.45) is 5.04. The van der Waals surface area contributed by atoms with E-state index in [2.05, 4.69) is 12.2 Å². The van der Waals surface area contributed by atoms with Gasteiger partial charge in [-0.2, -0.15) is 0 Å². The van der Waals surface area contributed by atoms with Crippen LogP contribution in [-0.4, -0.2) is 12.1 Å². The zero-order chi connectivity index (χ0) is 13.2. The monoisotopic (exact) mass is 259 g/mol. The molecule has 0 aromatic heterocycles. The lowest BCUT2D eigenvalue weighted by Gasteiger charge is -2.28. The van der Waals surface area contributed by atoms with Gasteiger partial charge in [0.1, 0.15) is 5.75 Å². The number of rotatable bonds is 3. The molecule has 1 aromatic carbocycles. The summed E-state index contributed by atoms with van der Waals surface area (Å²) < 4.78 is 5.27. The highest BCUT2D eigenvalue weighted by Gasteiger charge is 2.42. The van der Waals surface area contributed by atoms with Crippen molar-refractivity contribution in [3.8, 4) is 5.75 Å². The van der Waals surface area contributed by atoms with Gasteiger partial charge in [0.25, 0.3) is 0 Å². The molecule has 3 heteroatoms. The van der Waals surface area contributed by atoms with E-state index in [0.29, 0.717) is 11.7 Å². The maximum Gasteiger partial charge on any atom is 0.412 e. The third-order valence-electron chi connectivity index (χ3n) is 4.73. The zero-order valence-corrected chi connectivity index (χ0v) is 11.3. The summed E-state index contributed by atoms with van der Waals surface area (Å²) >= 11 is 0.